The fourth-order valence-corrected chi connectivity index (χ4v) is 3.26. The van der Waals surface area contributed by atoms with Crippen molar-refractivity contribution in [2.24, 2.45) is 4.99 Å². The molecule has 2 heterocycles. The van der Waals surface area contributed by atoms with Crippen LogP contribution in [0.25, 0.3) is 0 Å². The number of benzene rings is 1. The monoisotopic (exact) mass is 484 g/mol. The van der Waals surface area contributed by atoms with Crippen LogP contribution in [0.3, 0.4) is 0 Å². The highest BCUT2D eigenvalue weighted by atomic mass is 127. The number of halogens is 1. The molecule has 0 bridgehead atoms. The molecule has 0 atom stereocenters. The maximum absolute atomic E-state index is 11.8. The van der Waals surface area contributed by atoms with Crippen LogP contribution in [0.1, 0.15) is 31.2 Å². The number of nitrogens with zero attached hydrogens (tertiary/aromatic N) is 2. The minimum atomic E-state index is 0. The zero-order valence-corrected chi connectivity index (χ0v) is 18.2. The fourth-order valence-electron chi connectivity index (χ4n) is 3.26. The van der Waals surface area contributed by atoms with E-state index in [2.05, 4.69) is 33.8 Å². The van der Waals surface area contributed by atoms with Crippen molar-refractivity contribution in [2.75, 3.05) is 38.3 Å². The first-order chi connectivity index (χ1) is 12.8. The van der Waals surface area contributed by atoms with Crippen molar-refractivity contribution in [1.82, 2.24) is 10.6 Å². The third-order valence-corrected chi connectivity index (χ3v) is 4.80. The number of carbonyl (C=O) groups excluding carboxylic acids is 1. The zero-order chi connectivity index (χ0) is 18.2. The van der Waals surface area contributed by atoms with Crippen molar-refractivity contribution in [3.05, 3.63) is 41.5 Å². The van der Waals surface area contributed by atoms with Gasteiger partial charge in [-0.05, 0) is 37.0 Å². The Morgan fingerprint density at radius 2 is 2.04 bits per heavy atom. The Hall–Kier alpha value is -1.61. The van der Waals surface area contributed by atoms with Crippen LogP contribution >= 0.6 is 24.0 Å². The molecule has 3 rings (SSSR count). The van der Waals surface area contributed by atoms with E-state index in [0.717, 1.165) is 62.8 Å². The van der Waals surface area contributed by atoms with Crippen LogP contribution in [-0.4, -0.2) is 45.2 Å². The molecule has 7 heteroatoms. The Kier molecular flexibility index (Phi) is 9.06. The standard InChI is InChI=1S/C20H28N4O2.HI/c1-21-20(22-11-8-16-9-13-26-14-10-16)23-15-17-4-6-18(7-5-17)24-12-2-3-19(24)25;/h4-7,9H,2-3,8,10-15H2,1H3,(H2,21,22,23);1H. The van der Waals surface area contributed by atoms with Gasteiger partial charge in [0.05, 0.1) is 13.2 Å². The number of amides is 1. The largest absolute Gasteiger partial charge is 0.377 e. The van der Waals surface area contributed by atoms with Crippen molar-refractivity contribution in [3.8, 4) is 0 Å². The van der Waals surface area contributed by atoms with E-state index >= 15 is 0 Å². The fraction of sp³-hybridized carbons (Fsp3) is 0.500. The number of rotatable bonds is 6. The highest BCUT2D eigenvalue weighted by Crippen LogP contribution is 2.21. The molecule has 2 N–H and O–H groups in total. The van der Waals surface area contributed by atoms with Gasteiger partial charge < -0.3 is 20.3 Å². The van der Waals surface area contributed by atoms with E-state index in [9.17, 15) is 4.79 Å². The van der Waals surface area contributed by atoms with Gasteiger partial charge in [0, 0.05) is 38.8 Å². The first-order valence-corrected chi connectivity index (χ1v) is 9.36. The molecule has 2 aliphatic rings. The van der Waals surface area contributed by atoms with Crippen molar-refractivity contribution in [2.45, 2.75) is 32.2 Å². The van der Waals surface area contributed by atoms with Crippen LogP contribution in [-0.2, 0) is 16.1 Å². The van der Waals surface area contributed by atoms with Gasteiger partial charge in [0.15, 0.2) is 5.96 Å². The number of ether oxygens (including phenoxy) is 1. The van der Waals surface area contributed by atoms with Gasteiger partial charge in [0.2, 0.25) is 5.91 Å². The van der Waals surface area contributed by atoms with Crippen LogP contribution in [0.5, 0.6) is 0 Å². The first-order valence-electron chi connectivity index (χ1n) is 9.36. The van der Waals surface area contributed by atoms with Crippen molar-refractivity contribution >= 4 is 41.5 Å². The normalized spacial score (nSPS) is 17.4. The Morgan fingerprint density at radius 1 is 1.22 bits per heavy atom. The molecule has 0 spiro atoms. The van der Waals surface area contributed by atoms with Crippen LogP contribution in [0.15, 0.2) is 40.9 Å². The maximum Gasteiger partial charge on any atom is 0.227 e. The summed E-state index contributed by atoms with van der Waals surface area (Å²) in [4.78, 5) is 17.9. The molecule has 0 unspecified atom stereocenters. The molecule has 6 nitrogen and oxygen atoms in total. The predicted octanol–water partition coefficient (Wildman–Crippen LogP) is 2.83. The highest BCUT2D eigenvalue weighted by molar-refractivity contribution is 14.0. The van der Waals surface area contributed by atoms with Gasteiger partial charge in [-0.2, -0.15) is 0 Å². The smallest absolute Gasteiger partial charge is 0.227 e. The molecule has 0 saturated carbocycles. The van der Waals surface area contributed by atoms with Crippen LogP contribution in [0.2, 0.25) is 0 Å². The predicted molar refractivity (Wildman–Crippen MR) is 120 cm³/mol. The number of aliphatic imine (C=N–C) groups is 1. The van der Waals surface area contributed by atoms with Crippen molar-refractivity contribution in [1.29, 1.82) is 0 Å². The Morgan fingerprint density at radius 3 is 2.67 bits per heavy atom. The Labute approximate surface area is 178 Å². The van der Waals surface area contributed by atoms with Gasteiger partial charge >= 0.3 is 0 Å². The second-order valence-electron chi connectivity index (χ2n) is 6.61. The average molecular weight is 484 g/mol. The SMILES string of the molecule is CN=C(NCCC1=CCOCC1)NCc1ccc(N2CCCC2=O)cc1.I. The van der Waals surface area contributed by atoms with Gasteiger partial charge in [-0.15, -0.1) is 24.0 Å². The molecule has 2 aliphatic heterocycles. The van der Waals surface area contributed by atoms with Gasteiger partial charge in [0.25, 0.3) is 0 Å². The van der Waals surface area contributed by atoms with E-state index in [1.165, 1.54) is 5.57 Å². The molecule has 0 radical (unpaired) electrons. The molecule has 1 aromatic rings. The number of hydrogen-bond donors (Lipinski definition) is 2. The molecule has 1 aromatic carbocycles. The number of anilines is 1. The summed E-state index contributed by atoms with van der Waals surface area (Å²) in [6.07, 6.45) is 5.83. The minimum Gasteiger partial charge on any atom is -0.377 e. The quantitative estimate of drug-likeness (QED) is 0.282. The van der Waals surface area contributed by atoms with Gasteiger partial charge in [-0.1, -0.05) is 23.8 Å². The number of carbonyl (C=O) groups is 1. The van der Waals surface area contributed by atoms with E-state index in [4.69, 9.17) is 4.74 Å². The molecular formula is C20H29IN4O2. The topological polar surface area (TPSA) is 66.0 Å². The Bertz CT molecular complexity index is 673. The number of guanidine groups is 1. The summed E-state index contributed by atoms with van der Waals surface area (Å²) < 4.78 is 5.33. The van der Waals surface area contributed by atoms with Crippen LogP contribution in [0.4, 0.5) is 5.69 Å². The zero-order valence-electron chi connectivity index (χ0n) is 15.9. The maximum atomic E-state index is 11.8. The lowest BCUT2D eigenvalue weighted by molar-refractivity contribution is -0.117. The Balaban J connectivity index is 0.00000261. The first kappa shape index (κ1) is 21.7. The lowest BCUT2D eigenvalue weighted by Gasteiger charge is -2.17. The average Bonchev–Trinajstić information content (AvgIpc) is 3.12. The molecular weight excluding hydrogens is 455 g/mol. The molecule has 1 amide bonds. The second kappa shape index (κ2) is 11.3. The van der Waals surface area contributed by atoms with E-state index in [0.29, 0.717) is 13.0 Å². The summed E-state index contributed by atoms with van der Waals surface area (Å²) in [6.45, 7) is 3.96. The lowest BCUT2D eigenvalue weighted by atomic mass is 10.1. The molecule has 0 aliphatic carbocycles. The number of nitrogens with one attached hydrogen (secondary N) is 2. The third kappa shape index (κ3) is 6.49. The second-order valence-corrected chi connectivity index (χ2v) is 6.61. The van der Waals surface area contributed by atoms with Crippen molar-refractivity contribution in [3.63, 3.8) is 0 Å². The van der Waals surface area contributed by atoms with Gasteiger partial charge in [0.1, 0.15) is 0 Å². The summed E-state index contributed by atoms with van der Waals surface area (Å²) in [5, 5.41) is 6.69. The lowest BCUT2D eigenvalue weighted by Crippen LogP contribution is -2.37. The summed E-state index contributed by atoms with van der Waals surface area (Å²) in [5.74, 6) is 1.02. The minimum absolute atomic E-state index is 0. The third-order valence-electron chi connectivity index (χ3n) is 4.80. The summed E-state index contributed by atoms with van der Waals surface area (Å²) in [7, 11) is 1.78. The van der Waals surface area contributed by atoms with E-state index in [1.54, 1.807) is 7.05 Å². The van der Waals surface area contributed by atoms with Crippen LogP contribution in [0, 0.1) is 0 Å². The number of hydrogen-bond acceptors (Lipinski definition) is 3. The summed E-state index contributed by atoms with van der Waals surface area (Å²) in [5.41, 5.74) is 3.60. The summed E-state index contributed by atoms with van der Waals surface area (Å²) in [6, 6.07) is 8.17. The van der Waals surface area contributed by atoms with Crippen molar-refractivity contribution < 1.29 is 9.53 Å². The molecule has 1 saturated heterocycles. The molecule has 1 fully saturated rings. The molecule has 27 heavy (non-hydrogen) atoms. The van der Waals surface area contributed by atoms with Crippen LogP contribution < -0.4 is 15.5 Å². The van der Waals surface area contributed by atoms with E-state index in [1.807, 2.05) is 17.0 Å². The van der Waals surface area contributed by atoms with E-state index < -0.39 is 0 Å². The molecule has 0 aromatic heterocycles. The highest BCUT2D eigenvalue weighted by Gasteiger charge is 2.21. The van der Waals surface area contributed by atoms with E-state index in [-0.39, 0.29) is 29.9 Å². The molecule has 148 valence electrons. The van der Waals surface area contributed by atoms with Gasteiger partial charge in [-0.25, -0.2) is 0 Å². The van der Waals surface area contributed by atoms with Gasteiger partial charge in [-0.3, -0.25) is 9.79 Å². The summed E-state index contributed by atoms with van der Waals surface area (Å²) >= 11 is 0.